The third kappa shape index (κ3) is 4.44. The molecule has 0 aliphatic carbocycles. The van der Waals surface area contributed by atoms with Gasteiger partial charge in [0, 0.05) is 5.02 Å². The molecule has 0 radical (unpaired) electrons. The molecule has 4 nitrogen and oxygen atoms in total. The molecule has 0 fully saturated rings. The van der Waals surface area contributed by atoms with Crippen molar-refractivity contribution in [3.05, 3.63) is 34.9 Å². The molecule has 1 amide bonds. The zero-order chi connectivity index (χ0) is 12.8. The first-order valence-corrected chi connectivity index (χ1v) is 5.67. The number of hydrogen-bond acceptors (Lipinski definition) is 2. The standard InChI is InChI=1S/C12H14ClNO3/c1-2-10(12(16)17)14-11(15)7-8-3-5-9(13)6-4-8/h3-6,10H,2,7H2,1H3,(H,14,15)(H,16,17)/t10-/m1/s1. The predicted octanol–water partition coefficient (Wildman–Crippen LogP) is 1.86. The molecule has 0 bridgehead atoms. The number of carboxylic acids is 1. The van der Waals surface area contributed by atoms with Gasteiger partial charge in [0.15, 0.2) is 0 Å². The Morgan fingerprint density at radius 2 is 1.94 bits per heavy atom. The minimum atomic E-state index is -1.02. The van der Waals surface area contributed by atoms with E-state index in [-0.39, 0.29) is 12.3 Å². The lowest BCUT2D eigenvalue weighted by molar-refractivity contribution is -0.141. The van der Waals surface area contributed by atoms with Crippen molar-refractivity contribution >= 4 is 23.5 Å². The summed E-state index contributed by atoms with van der Waals surface area (Å²) in [6, 6.07) is 6.04. The van der Waals surface area contributed by atoms with E-state index in [2.05, 4.69) is 5.32 Å². The SMILES string of the molecule is CC[C@@H](NC(=O)Cc1ccc(Cl)cc1)C(=O)O. The summed E-state index contributed by atoms with van der Waals surface area (Å²) >= 11 is 5.72. The molecule has 0 aliphatic heterocycles. The van der Waals surface area contributed by atoms with Crippen LogP contribution in [0.3, 0.4) is 0 Å². The van der Waals surface area contributed by atoms with Crippen LogP contribution in [-0.2, 0) is 16.0 Å². The molecule has 92 valence electrons. The first-order chi connectivity index (χ1) is 8.02. The highest BCUT2D eigenvalue weighted by Crippen LogP contribution is 2.09. The molecule has 0 saturated heterocycles. The molecule has 1 aromatic rings. The fourth-order valence-corrected chi connectivity index (χ4v) is 1.50. The second kappa shape index (κ2) is 6.25. The van der Waals surface area contributed by atoms with Crippen LogP contribution in [0.4, 0.5) is 0 Å². The van der Waals surface area contributed by atoms with E-state index in [1.54, 1.807) is 31.2 Å². The third-order valence-electron chi connectivity index (χ3n) is 2.32. The van der Waals surface area contributed by atoms with Crippen LogP contribution < -0.4 is 5.32 Å². The molecule has 0 aromatic heterocycles. The number of hydrogen-bond donors (Lipinski definition) is 2. The Bertz CT molecular complexity index is 403. The number of rotatable bonds is 5. The number of benzene rings is 1. The van der Waals surface area contributed by atoms with Gasteiger partial charge in [-0.2, -0.15) is 0 Å². The van der Waals surface area contributed by atoms with Gasteiger partial charge >= 0.3 is 5.97 Å². The van der Waals surface area contributed by atoms with Crippen molar-refractivity contribution < 1.29 is 14.7 Å². The van der Waals surface area contributed by atoms with Crippen LogP contribution >= 0.6 is 11.6 Å². The van der Waals surface area contributed by atoms with Gasteiger partial charge < -0.3 is 10.4 Å². The molecule has 0 spiro atoms. The lowest BCUT2D eigenvalue weighted by atomic mass is 10.1. The van der Waals surface area contributed by atoms with E-state index in [1.165, 1.54) is 0 Å². The summed E-state index contributed by atoms with van der Waals surface area (Å²) in [6.07, 6.45) is 0.517. The Morgan fingerprint density at radius 1 is 1.35 bits per heavy atom. The highest BCUT2D eigenvalue weighted by molar-refractivity contribution is 6.30. The number of nitrogens with one attached hydrogen (secondary N) is 1. The van der Waals surface area contributed by atoms with Crippen molar-refractivity contribution in [3.63, 3.8) is 0 Å². The average Bonchev–Trinajstić information content (AvgIpc) is 2.28. The smallest absolute Gasteiger partial charge is 0.326 e. The van der Waals surface area contributed by atoms with Gasteiger partial charge in [0.25, 0.3) is 0 Å². The van der Waals surface area contributed by atoms with Crippen molar-refractivity contribution in [3.8, 4) is 0 Å². The average molecular weight is 256 g/mol. The summed E-state index contributed by atoms with van der Waals surface area (Å²) in [5.74, 6) is -1.32. The van der Waals surface area contributed by atoms with Crippen molar-refractivity contribution in [2.24, 2.45) is 0 Å². The molecular formula is C12H14ClNO3. The van der Waals surface area contributed by atoms with Crippen LogP contribution in [0.2, 0.25) is 5.02 Å². The number of halogens is 1. The summed E-state index contributed by atoms with van der Waals surface area (Å²) in [7, 11) is 0. The maximum absolute atomic E-state index is 11.6. The van der Waals surface area contributed by atoms with Crippen molar-refractivity contribution in [1.29, 1.82) is 0 Å². The lowest BCUT2D eigenvalue weighted by Gasteiger charge is -2.12. The van der Waals surface area contributed by atoms with Gasteiger partial charge in [-0.1, -0.05) is 30.7 Å². The van der Waals surface area contributed by atoms with Crippen LogP contribution in [0, 0.1) is 0 Å². The number of carbonyl (C=O) groups is 2. The molecule has 17 heavy (non-hydrogen) atoms. The largest absolute Gasteiger partial charge is 0.480 e. The van der Waals surface area contributed by atoms with Gasteiger partial charge in [-0.15, -0.1) is 0 Å². The Balaban J connectivity index is 2.54. The summed E-state index contributed by atoms with van der Waals surface area (Å²) in [5.41, 5.74) is 0.798. The second-order valence-corrected chi connectivity index (χ2v) is 4.11. The summed E-state index contributed by atoms with van der Waals surface area (Å²) in [5, 5.41) is 11.9. The molecule has 1 atom stereocenters. The maximum Gasteiger partial charge on any atom is 0.326 e. The highest BCUT2D eigenvalue weighted by atomic mass is 35.5. The van der Waals surface area contributed by atoms with Crippen LogP contribution in [-0.4, -0.2) is 23.0 Å². The fourth-order valence-electron chi connectivity index (χ4n) is 1.37. The summed E-state index contributed by atoms with van der Waals surface area (Å²) in [4.78, 5) is 22.3. The Kier molecular flexibility index (Phi) is 4.97. The van der Waals surface area contributed by atoms with E-state index in [9.17, 15) is 9.59 Å². The molecule has 0 heterocycles. The third-order valence-corrected chi connectivity index (χ3v) is 2.57. The topological polar surface area (TPSA) is 66.4 Å². The van der Waals surface area contributed by atoms with E-state index < -0.39 is 12.0 Å². The highest BCUT2D eigenvalue weighted by Gasteiger charge is 2.17. The van der Waals surface area contributed by atoms with Gasteiger partial charge in [0.05, 0.1) is 6.42 Å². The van der Waals surface area contributed by atoms with Gasteiger partial charge in [-0.05, 0) is 24.1 Å². The van der Waals surface area contributed by atoms with Crippen molar-refractivity contribution in [2.45, 2.75) is 25.8 Å². The molecular weight excluding hydrogens is 242 g/mol. The first kappa shape index (κ1) is 13.5. The summed E-state index contributed by atoms with van der Waals surface area (Å²) < 4.78 is 0. The predicted molar refractivity (Wildman–Crippen MR) is 65.0 cm³/mol. The van der Waals surface area contributed by atoms with E-state index in [0.717, 1.165) is 5.56 Å². The summed E-state index contributed by atoms with van der Waals surface area (Å²) in [6.45, 7) is 1.71. The molecule has 5 heteroatoms. The van der Waals surface area contributed by atoms with E-state index >= 15 is 0 Å². The van der Waals surface area contributed by atoms with Crippen LogP contribution in [0.1, 0.15) is 18.9 Å². The molecule has 2 N–H and O–H groups in total. The van der Waals surface area contributed by atoms with E-state index in [0.29, 0.717) is 11.4 Å². The zero-order valence-corrected chi connectivity index (χ0v) is 10.2. The quantitative estimate of drug-likeness (QED) is 0.844. The molecule has 0 saturated carbocycles. The van der Waals surface area contributed by atoms with E-state index in [1.807, 2.05) is 0 Å². The monoisotopic (exact) mass is 255 g/mol. The molecule has 0 aliphatic rings. The van der Waals surface area contributed by atoms with Gasteiger partial charge in [-0.25, -0.2) is 4.79 Å². The fraction of sp³-hybridized carbons (Fsp3) is 0.333. The van der Waals surface area contributed by atoms with Crippen LogP contribution in [0.25, 0.3) is 0 Å². The Labute approximate surface area is 105 Å². The van der Waals surface area contributed by atoms with E-state index in [4.69, 9.17) is 16.7 Å². The number of carbonyl (C=O) groups excluding carboxylic acids is 1. The second-order valence-electron chi connectivity index (χ2n) is 3.67. The minimum Gasteiger partial charge on any atom is -0.480 e. The number of amides is 1. The number of aliphatic carboxylic acids is 1. The molecule has 0 unspecified atom stereocenters. The molecule has 1 aromatic carbocycles. The Hall–Kier alpha value is -1.55. The Morgan fingerprint density at radius 3 is 2.41 bits per heavy atom. The number of carboxylic acid groups (broad SMARTS) is 1. The first-order valence-electron chi connectivity index (χ1n) is 5.29. The van der Waals surface area contributed by atoms with Gasteiger partial charge in [0.1, 0.15) is 6.04 Å². The van der Waals surface area contributed by atoms with Crippen molar-refractivity contribution in [2.75, 3.05) is 0 Å². The van der Waals surface area contributed by atoms with Crippen molar-refractivity contribution in [1.82, 2.24) is 5.32 Å². The van der Waals surface area contributed by atoms with Crippen LogP contribution in [0.15, 0.2) is 24.3 Å². The normalized spacial score (nSPS) is 11.9. The van der Waals surface area contributed by atoms with Crippen LogP contribution in [0.5, 0.6) is 0 Å². The van der Waals surface area contributed by atoms with Gasteiger partial charge in [-0.3, -0.25) is 4.79 Å². The maximum atomic E-state index is 11.6. The zero-order valence-electron chi connectivity index (χ0n) is 9.44. The molecule has 1 rings (SSSR count). The lowest BCUT2D eigenvalue weighted by Crippen LogP contribution is -2.40. The van der Waals surface area contributed by atoms with Gasteiger partial charge in [0.2, 0.25) is 5.91 Å². The minimum absolute atomic E-state index is 0.154.